The minimum absolute atomic E-state index is 0.634. The fraction of sp³-hybridized carbons (Fsp3) is 0. The van der Waals surface area contributed by atoms with Gasteiger partial charge in [0.2, 0.25) is 0 Å². The van der Waals surface area contributed by atoms with Gasteiger partial charge in [-0.1, -0.05) is 140 Å². The van der Waals surface area contributed by atoms with Crippen molar-refractivity contribution in [1.29, 1.82) is 10.5 Å². The Morgan fingerprint density at radius 1 is 0.275 bits per heavy atom. The van der Waals surface area contributed by atoms with Crippen molar-refractivity contribution in [2.24, 2.45) is 0 Å². The molecule has 15 aromatic rings. The maximum atomic E-state index is 9.61. The van der Waals surface area contributed by atoms with Crippen molar-refractivity contribution in [3.05, 3.63) is 290 Å². The molecule has 2 heterocycles. The summed E-state index contributed by atoms with van der Waals surface area (Å²) in [6.45, 7) is 0. The summed E-state index contributed by atoms with van der Waals surface area (Å²) in [4.78, 5) is 4.78. The van der Waals surface area contributed by atoms with E-state index in [4.69, 9.17) is 0 Å². The molecule has 80 heavy (non-hydrogen) atoms. The number of benzene rings is 13. The van der Waals surface area contributed by atoms with Gasteiger partial charge in [-0.25, -0.2) is 0 Å². The van der Waals surface area contributed by atoms with E-state index in [9.17, 15) is 10.5 Å². The van der Waals surface area contributed by atoms with E-state index >= 15 is 0 Å². The highest BCUT2D eigenvalue weighted by molar-refractivity contribution is 6.13. The van der Waals surface area contributed by atoms with E-state index in [1.807, 2.05) is 48.5 Å². The van der Waals surface area contributed by atoms with E-state index in [0.29, 0.717) is 11.1 Å². The maximum absolute atomic E-state index is 9.61. The third kappa shape index (κ3) is 7.63. The number of fused-ring (bicyclic) bond motifs is 9. The fourth-order valence-corrected chi connectivity index (χ4v) is 12.2. The van der Waals surface area contributed by atoms with Gasteiger partial charge >= 0.3 is 0 Å². The third-order valence-electron chi connectivity index (χ3n) is 15.9. The standard InChI is InChI=1S/C74H46N6/c75-47-49-21-29-57(30-22-49)79-70-19-9-7-17-66(70)68-45-61(37-40-73(68)79)77(59-35-25-51-11-1-3-13-54(51)43-59)56-33-27-53(28-34-56)63-39-42-72(65-16-6-5-15-64(63)65)78(60-36-26-52-12-2-4-14-55(52)44-60)62-38-41-74-69(46-62)67-18-8-10-20-71(67)80(74)58-31-23-50(48-76)24-32-58/h1-46H. The molecule has 0 spiro atoms. The number of hydrogen-bond donors (Lipinski definition) is 0. The van der Waals surface area contributed by atoms with E-state index in [1.165, 1.54) is 21.5 Å². The first kappa shape index (κ1) is 46.1. The molecule has 6 nitrogen and oxygen atoms in total. The van der Waals surface area contributed by atoms with Crippen LogP contribution in [0.2, 0.25) is 0 Å². The number of aromatic nitrogens is 2. The Balaban J connectivity index is 0.862. The minimum atomic E-state index is 0.634. The van der Waals surface area contributed by atoms with E-state index in [1.54, 1.807) is 0 Å². The van der Waals surface area contributed by atoms with E-state index in [-0.39, 0.29) is 0 Å². The van der Waals surface area contributed by atoms with Gasteiger partial charge in [-0.3, -0.25) is 0 Å². The Bertz CT molecular complexity index is 5030. The summed E-state index contributed by atoms with van der Waals surface area (Å²) in [5.41, 5.74) is 16.3. The molecule has 0 aliphatic heterocycles. The van der Waals surface area contributed by atoms with Gasteiger partial charge in [-0.05, 0) is 178 Å². The lowest BCUT2D eigenvalue weighted by Crippen LogP contribution is -2.11. The summed E-state index contributed by atoms with van der Waals surface area (Å²) >= 11 is 0. The molecule has 13 aromatic carbocycles. The largest absolute Gasteiger partial charge is 0.310 e. The van der Waals surface area contributed by atoms with E-state index in [0.717, 1.165) is 111 Å². The van der Waals surface area contributed by atoms with E-state index in [2.05, 4.69) is 262 Å². The summed E-state index contributed by atoms with van der Waals surface area (Å²) in [6, 6.07) is 104. The monoisotopic (exact) mass is 1020 g/mol. The third-order valence-corrected chi connectivity index (χ3v) is 15.9. The number of hydrogen-bond acceptors (Lipinski definition) is 4. The lowest BCUT2D eigenvalue weighted by Gasteiger charge is -2.28. The van der Waals surface area contributed by atoms with Crippen LogP contribution in [0.4, 0.5) is 34.1 Å². The van der Waals surface area contributed by atoms with Gasteiger partial charge in [0.05, 0.1) is 51.0 Å². The zero-order chi connectivity index (χ0) is 53.3. The van der Waals surface area contributed by atoms with Crippen LogP contribution in [0.3, 0.4) is 0 Å². The van der Waals surface area contributed by atoms with Crippen LogP contribution in [-0.4, -0.2) is 9.13 Å². The number of anilines is 6. The summed E-state index contributed by atoms with van der Waals surface area (Å²) in [6.07, 6.45) is 0. The highest BCUT2D eigenvalue weighted by atomic mass is 15.2. The molecule has 0 fully saturated rings. The van der Waals surface area contributed by atoms with Crippen LogP contribution >= 0.6 is 0 Å². The molecule has 0 unspecified atom stereocenters. The number of rotatable bonds is 9. The first-order valence-corrected chi connectivity index (χ1v) is 26.8. The quantitative estimate of drug-likeness (QED) is 0.145. The Labute approximate surface area is 461 Å². The Hall–Kier alpha value is -11.2. The number of para-hydroxylation sites is 2. The molecule has 6 heteroatoms. The summed E-state index contributed by atoms with van der Waals surface area (Å²) < 4.78 is 4.59. The maximum Gasteiger partial charge on any atom is 0.0991 e. The van der Waals surface area contributed by atoms with Crippen molar-refractivity contribution in [1.82, 2.24) is 9.13 Å². The second kappa shape index (κ2) is 18.8. The SMILES string of the molecule is N#Cc1ccc(-n2c3ccccc3c3cc(N(c4ccc(-c5ccc(N(c6ccc7ccccc7c6)c6ccc7c(c6)c6ccccc6n7-c6ccc(C#N)cc6)c6ccccc56)cc4)c4ccc5ccccc5c4)ccc32)cc1. The van der Waals surface area contributed by atoms with Gasteiger partial charge in [0.25, 0.3) is 0 Å². The Kier molecular flexibility index (Phi) is 10.9. The molecule has 0 saturated carbocycles. The molecule has 2 aromatic heterocycles. The summed E-state index contributed by atoms with van der Waals surface area (Å²) in [7, 11) is 0. The predicted molar refractivity (Wildman–Crippen MR) is 332 cm³/mol. The number of nitriles is 2. The van der Waals surface area contributed by atoms with Crippen LogP contribution in [0.1, 0.15) is 11.1 Å². The molecular formula is C74H46N6. The van der Waals surface area contributed by atoms with Crippen LogP contribution in [-0.2, 0) is 0 Å². The van der Waals surface area contributed by atoms with Crippen molar-refractivity contribution in [3.63, 3.8) is 0 Å². The summed E-state index contributed by atoms with van der Waals surface area (Å²) in [5, 5.41) is 30.8. The average Bonchev–Trinajstić information content (AvgIpc) is 4.05. The lowest BCUT2D eigenvalue weighted by atomic mass is 9.95. The fourth-order valence-electron chi connectivity index (χ4n) is 12.2. The van der Waals surface area contributed by atoms with Crippen molar-refractivity contribution >= 4 is 110 Å². The first-order chi connectivity index (χ1) is 39.6. The second-order valence-electron chi connectivity index (χ2n) is 20.4. The molecule has 0 radical (unpaired) electrons. The highest BCUT2D eigenvalue weighted by Crippen LogP contribution is 2.46. The van der Waals surface area contributed by atoms with Crippen LogP contribution < -0.4 is 9.80 Å². The zero-order valence-electron chi connectivity index (χ0n) is 43.2. The van der Waals surface area contributed by atoms with Gasteiger partial charge in [0, 0.05) is 66.7 Å². The highest BCUT2D eigenvalue weighted by Gasteiger charge is 2.22. The first-order valence-electron chi connectivity index (χ1n) is 26.8. The molecule has 0 bridgehead atoms. The molecule has 0 atom stereocenters. The van der Waals surface area contributed by atoms with Crippen LogP contribution in [0.5, 0.6) is 0 Å². The molecule has 15 rings (SSSR count). The van der Waals surface area contributed by atoms with Crippen LogP contribution in [0, 0.1) is 22.7 Å². The molecule has 0 aliphatic rings. The smallest absolute Gasteiger partial charge is 0.0991 e. The minimum Gasteiger partial charge on any atom is -0.310 e. The topological polar surface area (TPSA) is 63.9 Å². The van der Waals surface area contributed by atoms with E-state index < -0.39 is 0 Å². The molecule has 0 saturated heterocycles. The second-order valence-corrected chi connectivity index (χ2v) is 20.4. The molecule has 372 valence electrons. The van der Waals surface area contributed by atoms with Gasteiger partial charge in [-0.15, -0.1) is 0 Å². The summed E-state index contributed by atoms with van der Waals surface area (Å²) in [5.74, 6) is 0. The zero-order valence-corrected chi connectivity index (χ0v) is 43.2. The normalized spacial score (nSPS) is 11.5. The van der Waals surface area contributed by atoms with Crippen molar-refractivity contribution in [3.8, 4) is 34.6 Å². The molecule has 0 N–H and O–H groups in total. The van der Waals surface area contributed by atoms with Crippen molar-refractivity contribution < 1.29 is 0 Å². The van der Waals surface area contributed by atoms with Gasteiger partial charge in [0.1, 0.15) is 0 Å². The molecule has 0 aliphatic carbocycles. The molecule has 0 amide bonds. The van der Waals surface area contributed by atoms with Crippen molar-refractivity contribution in [2.45, 2.75) is 0 Å². The van der Waals surface area contributed by atoms with Crippen LogP contribution in [0.25, 0.3) is 98.4 Å². The average molecular weight is 1020 g/mol. The van der Waals surface area contributed by atoms with Gasteiger partial charge in [0.15, 0.2) is 0 Å². The van der Waals surface area contributed by atoms with Crippen molar-refractivity contribution in [2.75, 3.05) is 9.80 Å². The predicted octanol–water partition coefficient (Wildman–Crippen LogP) is 19.7. The van der Waals surface area contributed by atoms with Gasteiger partial charge < -0.3 is 18.9 Å². The number of nitrogens with zero attached hydrogens (tertiary/aromatic N) is 6. The van der Waals surface area contributed by atoms with Crippen LogP contribution in [0.15, 0.2) is 279 Å². The molecular weight excluding hydrogens is 973 g/mol. The lowest BCUT2D eigenvalue weighted by molar-refractivity contribution is 1.18. The van der Waals surface area contributed by atoms with Gasteiger partial charge in [-0.2, -0.15) is 10.5 Å². The Morgan fingerprint density at radius 2 is 0.675 bits per heavy atom. The Morgan fingerprint density at radius 3 is 1.20 bits per heavy atom.